The van der Waals surface area contributed by atoms with E-state index >= 15 is 0 Å². The number of hydrogen-bond donors (Lipinski definition) is 2. The Bertz CT molecular complexity index is 777. The third-order valence-corrected chi connectivity index (χ3v) is 3.69. The molecule has 2 N–H and O–H groups in total. The Labute approximate surface area is 126 Å². The van der Waals surface area contributed by atoms with Gasteiger partial charge in [0, 0.05) is 38.3 Å². The number of methoxy groups -OCH3 is 1. The summed E-state index contributed by atoms with van der Waals surface area (Å²) in [6.45, 7) is 3.09. The van der Waals surface area contributed by atoms with Gasteiger partial charge in [0.15, 0.2) is 11.0 Å². The molecule has 2 heterocycles. The molecule has 2 aromatic rings. The van der Waals surface area contributed by atoms with Gasteiger partial charge in [-0.15, -0.1) is 0 Å². The number of aromatic carboxylic acids is 1. The van der Waals surface area contributed by atoms with Gasteiger partial charge in [0.1, 0.15) is 5.75 Å². The van der Waals surface area contributed by atoms with Crippen molar-refractivity contribution in [1.29, 1.82) is 0 Å². The smallest absolute Gasteiger partial charge is 0.371 e. The van der Waals surface area contributed by atoms with Crippen molar-refractivity contribution in [2.45, 2.75) is 0 Å². The van der Waals surface area contributed by atoms with Crippen LogP contribution in [0.15, 0.2) is 27.4 Å². The number of ether oxygens (including phenoxy) is 1. The molecule has 1 fully saturated rings. The topological polar surface area (TPSA) is 92.0 Å². The number of benzene rings is 1. The van der Waals surface area contributed by atoms with Crippen LogP contribution < -0.4 is 20.4 Å². The molecule has 3 rings (SSSR count). The Morgan fingerprint density at radius 3 is 2.68 bits per heavy atom. The van der Waals surface area contributed by atoms with Crippen LogP contribution in [0.3, 0.4) is 0 Å². The summed E-state index contributed by atoms with van der Waals surface area (Å²) < 4.78 is 10.7. The van der Waals surface area contributed by atoms with Gasteiger partial charge in [0.05, 0.1) is 18.2 Å². The molecule has 1 aromatic carbocycles. The molecular formula is C15H16N2O5. The molecule has 22 heavy (non-hydrogen) atoms. The van der Waals surface area contributed by atoms with Gasteiger partial charge in [-0.25, -0.2) is 4.79 Å². The van der Waals surface area contributed by atoms with E-state index in [1.165, 1.54) is 7.11 Å². The van der Waals surface area contributed by atoms with Gasteiger partial charge in [-0.05, 0) is 6.07 Å². The fourth-order valence-electron chi connectivity index (χ4n) is 2.58. The number of nitrogens with one attached hydrogen (secondary N) is 1. The fourth-order valence-corrected chi connectivity index (χ4v) is 2.58. The molecule has 7 nitrogen and oxygen atoms in total. The van der Waals surface area contributed by atoms with E-state index in [-0.39, 0.29) is 11.3 Å². The van der Waals surface area contributed by atoms with Gasteiger partial charge < -0.3 is 24.5 Å². The second kappa shape index (κ2) is 5.69. The lowest BCUT2D eigenvalue weighted by Gasteiger charge is -2.30. The first-order valence-electron chi connectivity index (χ1n) is 6.95. The SMILES string of the molecule is COc1cc(N2CCNCC2)c2oc(C(=O)O)cc(=O)c2c1. The van der Waals surface area contributed by atoms with Crippen LogP contribution in [0.1, 0.15) is 10.6 Å². The lowest BCUT2D eigenvalue weighted by molar-refractivity contribution is 0.0663. The van der Waals surface area contributed by atoms with Gasteiger partial charge in [-0.3, -0.25) is 4.79 Å². The second-order valence-corrected chi connectivity index (χ2v) is 5.04. The molecule has 1 aliphatic heterocycles. The number of piperazine rings is 1. The molecule has 0 saturated carbocycles. The zero-order valence-electron chi connectivity index (χ0n) is 12.1. The maximum absolute atomic E-state index is 12.2. The standard InChI is InChI=1S/C15H16N2O5/c1-21-9-6-10-12(18)8-13(15(19)20)22-14(10)11(7-9)17-4-2-16-3-5-17/h6-8,16H,2-5H2,1H3,(H,19,20). The second-order valence-electron chi connectivity index (χ2n) is 5.04. The highest BCUT2D eigenvalue weighted by atomic mass is 16.5. The summed E-state index contributed by atoms with van der Waals surface area (Å²) in [6, 6.07) is 4.33. The minimum Gasteiger partial charge on any atom is -0.497 e. The van der Waals surface area contributed by atoms with Crippen LogP contribution >= 0.6 is 0 Å². The van der Waals surface area contributed by atoms with E-state index in [2.05, 4.69) is 10.2 Å². The monoisotopic (exact) mass is 304 g/mol. The van der Waals surface area contributed by atoms with Crippen LogP contribution in [0.2, 0.25) is 0 Å². The van der Waals surface area contributed by atoms with Gasteiger partial charge in [-0.1, -0.05) is 0 Å². The molecule has 1 aromatic heterocycles. The van der Waals surface area contributed by atoms with E-state index in [0.29, 0.717) is 16.8 Å². The summed E-state index contributed by atoms with van der Waals surface area (Å²) in [4.78, 5) is 25.4. The van der Waals surface area contributed by atoms with E-state index in [1.54, 1.807) is 12.1 Å². The minimum atomic E-state index is -1.26. The first-order chi connectivity index (χ1) is 10.6. The third kappa shape index (κ3) is 2.50. The molecule has 0 aliphatic carbocycles. The van der Waals surface area contributed by atoms with Gasteiger partial charge in [-0.2, -0.15) is 0 Å². The molecule has 1 aliphatic rings. The van der Waals surface area contributed by atoms with Crippen molar-refractivity contribution < 1.29 is 19.1 Å². The molecule has 1 saturated heterocycles. The third-order valence-electron chi connectivity index (χ3n) is 3.69. The summed E-state index contributed by atoms with van der Waals surface area (Å²) >= 11 is 0. The van der Waals surface area contributed by atoms with Crippen LogP contribution in [0.25, 0.3) is 11.0 Å². The van der Waals surface area contributed by atoms with Crippen molar-refractivity contribution in [2.75, 3.05) is 38.2 Å². The Kier molecular flexibility index (Phi) is 3.72. The average Bonchev–Trinajstić information content (AvgIpc) is 2.54. The molecule has 0 atom stereocenters. The zero-order valence-corrected chi connectivity index (χ0v) is 12.1. The minimum absolute atomic E-state index is 0.285. The molecule has 0 unspecified atom stereocenters. The normalized spacial score (nSPS) is 15.0. The molecule has 116 valence electrons. The Balaban J connectivity index is 2.26. The van der Waals surface area contributed by atoms with Crippen molar-refractivity contribution in [3.63, 3.8) is 0 Å². The van der Waals surface area contributed by atoms with Crippen LogP contribution in [-0.2, 0) is 0 Å². The average molecular weight is 304 g/mol. The molecule has 0 amide bonds. The largest absolute Gasteiger partial charge is 0.497 e. The number of anilines is 1. The lowest BCUT2D eigenvalue weighted by Crippen LogP contribution is -2.43. The predicted octanol–water partition coefficient (Wildman–Crippen LogP) is 0.909. The van der Waals surface area contributed by atoms with Crippen molar-refractivity contribution in [3.8, 4) is 5.75 Å². The molecule has 0 bridgehead atoms. The summed E-state index contributed by atoms with van der Waals surface area (Å²) in [7, 11) is 1.52. The van der Waals surface area contributed by atoms with E-state index in [4.69, 9.17) is 14.3 Å². The van der Waals surface area contributed by atoms with Gasteiger partial charge >= 0.3 is 5.97 Å². The number of carboxylic acids is 1. The zero-order chi connectivity index (χ0) is 15.7. The number of rotatable bonds is 3. The highest BCUT2D eigenvalue weighted by molar-refractivity contribution is 5.93. The molecular weight excluding hydrogens is 288 g/mol. The van der Waals surface area contributed by atoms with Crippen LogP contribution in [0.5, 0.6) is 5.75 Å². The van der Waals surface area contributed by atoms with Crippen molar-refractivity contribution in [3.05, 3.63) is 34.2 Å². The fraction of sp³-hybridized carbons (Fsp3) is 0.333. The van der Waals surface area contributed by atoms with Crippen molar-refractivity contribution in [2.24, 2.45) is 0 Å². The number of carbonyl (C=O) groups is 1. The number of carboxylic acid groups (broad SMARTS) is 1. The molecule has 7 heteroatoms. The number of nitrogens with zero attached hydrogens (tertiary/aromatic N) is 1. The maximum Gasteiger partial charge on any atom is 0.371 e. The van der Waals surface area contributed by atoms with Crippen LogP contribution in [0.4, 0.5) is 5.69 Å². The highest BCUT2D eigenvalue weighted by Gasteiger charge is 2.20. The highest BCUT2D eigenvalue weighted by Crippen LogP contribution is 2.31. The predicted molar refractivity (Wildman–Crippen MR) is 81.1 cm³/mol. The summed E-state index contributed by atoms with van der Waals surface area (Å²) in [5.41, 5.74) is 0.567. The van der Waals surface area contributed by atoms with Crippen molar-refractivity contribution >= 4 is 22.6 Å². The number of hydrogen-bond acceptors (Lipinski definition) is 6. The van der Waals surface area contributed by atoms with E-state index in [0.717, 1.165) is 32.2 Å². The first kappa shape index (κ1) is 14.4. The quantitative estimate of drug-likeness (QED) is 0.870. The maximum atomic E-state index is 12.2. The Morgan fingerprint density at radius 2 is 2.05 bits per heavy atom. The van der Waals surface area contributed by atoms with E-state index in [1.807, 2.05) is 0 Å². The number of fused-ring (bicyclic) bond motifs is 1. The van der Waals surface area contributed by atoms with E-state index < -0.39 is 11.4 Å². The summed E-state index contributed by atoms with van der Waals surface area (Å²) in [6.07, 6.45) is 0. The Hall–Kier alpha value is -2.54. The van der Waals surface area contributed by atoms with E-state index in [9.17, 15) is 9.59 Å². The van der Waals surface area contributed by atoms with Gasteiger partial charge in [0.2, 0.25) is 5.76 Å². The molecule has 0 spiro atoms. The van der Waals surface area contributed by atoms with Crippen LogP contribution in [0, 0.1) is 0 Å². The lowest BCUT2D eigenvalue weighted by atomic mass is 10.1. The first-order valence-corrected chi connectivity index (χ1v) is 6.95. The molecule has 0 radical (unpaired) electrons. The van der Waals surface area contributed by atoms with Crippen molar-refractivity contribution in [1.82, 2.24) is 5.32 Å². The Morgan fingerprint density at radius 1 is 1.32 bits per heavy atom. The van der Waals surface area contributed by atoms with Crippen LogP contribution in [-0.4, -0.2) is 44.4 Å². The summed E-state index contributed by atoms with van der Waals surface area (Å²) in [5.74, 6) is -1.09. The summed E-state index contributed by atoms with van der Waals surface area (Å²) in [5, 5.41) is 12.7. The van der Waals surface area contributed by atoms with Gasteiger partial charge in [0.25, 0.3) is 0 Å².